The number of fused-ring (bicyclic) bond motifs is 1. The highest BCUT2D eigenvalue weighted by molar-refractivity contribution is 14.1. The number of hydrogen-bond donors (Lipinski definition) is 1. The number of pyridine rings is 1. The molecule has 1 saturated heterocycles. The summed E-state index contributed by atoms with van der Waals surface area (Å²) in [5.74, 6) is 1.04. The summed E-state index contributed by atoms with van der Waals surface area (Å²) >= 11 is 20.3. The summed E-state index contributed by atoms with van der Waals surface area (Å²) in [6.45, 7) is 1.34. The smallest absolute Gasteiger partial charge is 0.240 e. The van der Waals surface area contributed by atoms with Crippen LogP contribution in [-0.4, -0.2) is 38.8 Å². The average Bonchev–Trinajstić information content (AvgIpc) is 3.09. The molecular weight excluding hydrogens is 533 g/mol. The van der Waals surface area contributed by atoms with Crippen LogP contribution in [0.25, 0.3) is 11.2 Å². The predicted octanol–water partition coefficient (Wildman–Crippen LogP) is 5.80. The van der Waals surface area contributed by atoms with Crippen molar-refractivity contribution in [2.45, 2.75) is 22.7 Å². The zero-order valence-electron chi connectivity index (χ0n) is 14.6. The molecule has 0 radical (unpaired) electrons. The number of hydrogen-bond acceptors (Lipinski definition) is 3. The molecule has 3 aromatic rings. The van der Waals surface area contributed by atoms with Crippen LogP contribution in [0, 0.1) is 0 Å². The topological polar surface area (TPSA) is 61.9 Å². The Balaban J connectivity index is 1.53. The third kappa shape index (κ3) is 4.25. The first-order valence-electron chi connectivity index (χ1n) is 8.82. The second kappa shape index (κ2) is 8.34. The lowest BCUT2D eigenvalue weighted by Gasteiger charge is -2.33. The molecule has 1 aliphatic heterocycles. The van der Waals surface area contributed by atoms with Gasteiger partial charge in [0.1, 0.15) is 14.9 Å². The van der Waals surface area contributed by atoms with Gasteiger partial charge in [-0.2, -0.15) is 0 Å². The quantitative estimate of drug-likeness (QED) is 0.255. The molecule has 1 fully saturated rings. The van der Waals surface area contributed by atoms with Crippen LogP contribution in [0.15, 0.2) is 30.3 Å². The number of amides is 1. The molecule has 3 heterocycles. The molecule has 2 unspecified atom stereocenters. The lowest BCUT2D eigenvalue weighted by Crippen LogP contribution is -2.40. The Morgan fingerprint density at radius 2 is 1.93 bits per heavy atom. The van der Waals surface area contributed by atoms with E-state index in [1.54, 1.807) is 24.3 Å². The average molecular weight is 550 g/mol. The number of imidazole rings is 1. The third-order valence-electron chi connectivity index (χ3n) is 4.84. The second-order valence-electron chi connectivity index (χ2n) is 6.82. The maximum atomic E-state index is 13.1. The van der Waals surface area contributed by atoms with Gasteiger partial charge in [-0.15, -0.1) is 0 Å². The van der Waals surface area contributed by atoms with Gasteiger partial charge in [0.15, 0.2) is 5.65 Å². The monoisotopic (exact) mass is 548 g/mol. The van der Waals surface area contributed by atoms with Gasteiger partial charge in [-0.1, -0.05) is 57.4 Å². The van der Waals surface area contributed by atoms with Crippen LogP contribution in [0.2, 0.25) is 15.2 Å². The molecule has 0 bridgehead atoms. The molecule has 1 aliphatic rings. The van der Waals surface area contributed by atoms with E-state index >= 15 is 0 Å². The Bertz CT molecular complexity index is 1020. The van der Waals surface area contributed by atoms with Gasteiger partial charge >= 0.3 is 0 Å². The first-order chi connectivity index (χ1) is 13.4. The molecule has 4 rings (SSSR count). The van der Waals surface area contributed by atoms with Crippen molar-refractivity contribution in [3.8, 4) is 0 Å². The van der Waals surface area contributed by atoms with Crippen molar-refractivity contribution in [2.75, 3.05) is 13.1 Å². The zero-order chi connectivity index (χ0) is 19.8. The molecule has 0 aliphatic carbocycles. The van der Waals surface area contributed by atoms with E-state index < -0.39 is 0 Å². The van der Waals surface area contributed by atoms with Gasteiger partial charge in [-0.25, -0.2) is 9.97 Å². The highest BCUT2D eigenvalue weighted by atomic mass is 127. The van der Waals surface area contributed by atoms with Gasteiger partial charge < -0.3 is 9.88 Å². The zero-order valence-corrected chi connectivity index (χ0v) is 19.1. The van der Waals surface area contributed by atoms with Gasteiger partial charge in [0.05, 0.1) is 5.52 Å². The fourth-order valence-corrected chi connectivity index (χ4v) is 4.95. The summed E-state index contributed by atoms with van der Waals surface area (Å²) in [6, 6.07) is 8.85. The molecule has 2 aromatic heterocycles. The number of aromatic amines is 1. The van der Waals surface area contributed by atoms with Crippen molar-refractivity contribution < 1.29 is 4.79 Å². The fraction of sp³-hybridized carbons (Fsp3) is 0.316. The summed E-state index contributed by atoms with van der Waals surface area (Å²) in [7, 11) is 0. The SMILES string of the molecule is O=C(C(I)c1cc(Cl)cc(Cl)c1)N1CCCC(c2nc3nc(Cl)ccc3[nH]2)C1. The van der Waals surface area contributed by atoms with Crippen LogP contribution >= 0.6 is 57.4 Å². The lowest BCUT2D eigenvalue weighted by atomic mass is 9.96. The third-order valence-corrected chi connectivity index (χ3v) is 6.74. The summed E-state index contributed by atoms with van der Waals surface area (Å²) in [5.41, 5.74) is 2.27. The number of H-pyrrole nitrogens is 1. The number of piperidine rings is 1. The van der Waals surface area contributed by atoms with Crippen molar-refractivity contribution in [3.05, 3.63) is 56.9 Å². The molecule has 5 nitrogen and oxygen atoms in total. The molecule has 1 aromatic carbocycles. The van der Waals surface area contributed by atoms with Crippen LogP contribution in [0.5, 0.6) is 0 Å². The van der Waals surface area contributed by atoms with E-state index in [-0.39, 0.29) is 15.7 Å². The highest BCUT2D eigenvalue weighted by Crippen LogP contribution is 2.33. The lowest BCUT2D eigenvalue weighted by molar-refractivity contribution is -0.131. The van der Waals surface area contributed by atoms with E-state index in [1.807, 2.05) is 11.0 Å². The van der Waals surface area contributed by atoms with E-state index in [0.717, 1.165) is 36.3 Å². The van der Waals surface area contributed by atoms with E-state index in [1.165, 1.54) is 0 Å². The molecule has 9 heteroatoms. The number of aromatic nitrogens is 3. The Morgan fingerprint density at radius 3 is 2.68 bits per heavy atom. The molecule has 28 heavy (non-hydrogen) atoms. The van der Waals surface area contributed by atoms with Crippen molar-refractivity contribution in [3.63, 3.8) is 0 Å². The van der Waals surface area contributed by atoms with Crippen molar-refractivity contribution >= 4 is 74.5 Å². The number of benzene rings is 1. The normalized spacial score (nSPS) is 18.4. The summed E-state index contributed by atoms with van der Waals surface area (Å²) in [5, 5.41) is 1.47. The van der Waals surface area contributed by atoms with Gasteiger partial charge in [0.25, 0.3) is 0 Å². The van der Waals surface area contributed by atoms with Crippen molar-refractivity contribution in [1.29, 1.82) is 0 Å². The van der Waals surface area contributed by atoms with Crippen molar-refractivity contribution in [1.82, 2.24) is 19.9 Å². The molecule has 2 atom stereocenters. The van der Waals surface area contributed by atoms with Crippen LogP contribution in [0.4, 0.5) is 0 Å². The van der Waals surface area contributed by atoms with E-state index in [9.17, 15) is 4.79 Å². The second-order valence-corrected chi connectivity index (χ2v) is 9.32. The van der Waals surface area contributed by atoms with Gasteiger partial charge in [0, 0.05) is 29.1 Å². The molecular formula is C19H16Cl3IN4O. The Morgan fingerprint density at radius 1 is 1.18 bits per heavy atom. The van der Waals surface area contributed by atoms with Crippen LogP contribution in [-0.2, 0) is 4.79 Å². The summed E-state index contributed by atoms with van der Waals surface area (Å²) in [6.07, 6.45) is 1.88. The fourth-order valence-electron chi connectivity index (χ4n) is 3.51. The maximum absolute atomic E-state index is 13.1. The first-order valence-corrected chi connectivity index (χ1v) is 11.2. The van der Waals surface area contributed by atoms with Gasteiger partial charge in [-0.05, 0) is 48.7 Å². The molecule has 1 amide bonds. The highest BCUT2D eigenvalue weighted by Gasteiger charge is 2.30. The number of carbonyl (C=O) groups is 1. The Labute approximate surface area is 190 Å². The number of halogens is 4. The molecule has 1 N–H and O–H groups in total. The minimum Gasteiger partial charge on any atom is -0.341 e. The minimum atomic E-state index is -0.344. The number of carbonyl (C=O) groups excluding carboxylic acids is 1. The predicted molar refractivity (Wildman–Crippen MR) is 121 cm³/mol. The molecule has 0 saturated carbocycles. The van der Waals surface area contributed by atoms with E-state index in [4.69, 9.17) is 34.8 Å². The van der Waals surface area contributed by atoms with Crippen LogP contribution < -0.4 is 0 Å². The number of alkyl halides is 1. The number of likely N-dealkylation sites (tertiary alicyclic amines) is 1. The molecule has 0 spiro atoms. The first kappa shape index (κ1) is 20.2. The maximum Gasteiger partial charge on any atom is 0.240 e. The van der Waals surface area contributed by atoms with Crippen molar-refractivity contribution in [2.24, 2.45) is 0 Å². The Kier molecular flexibility index (Phi) is 6.01. The standard InChI is InChI=1S/C19H16Cl3IN4O/c20-12-6-11(7-13(21)8-12)16(23)19(28)27-5-1-2-10(9-27)17-24-14-3-4-15(22)25-18(14)26-17/h3-4,6-8,10,16H,1-2,5,9H2,(H,24,25,26). The van der Waals surface area contributed by atoms with Gasteiger partial charge in [0.2, 0.25) is 5.91 Å². The number of rotatable bonds is 3. The van der Waals surface area contributed by atoms with E-state index in [2.05, 4.69) is 37.5 Å². The Hall–Kier alpha value is -1.09. The summed E-state index contributed by atoms with van der Waals surface area (Å²) in [4.78, 5) is 27.1. The van der Waals surface area contributed by atoms with E-state index in [0.29, 0.717) is 27.4 Å². The largest absolute Gasteiger partial charge is 0.341 e. The molecule has 146 valence electrons. The summed E-state index contributed by atoms with van der Waals surface area (Å²) < 4.78 is -0.344. The van der Waals surface area contributed by atoms with Crippen LogP contribution in [0.1, 0.15) is 34.1 Å². The van der Waals surface area contributed by atoms with Crippen LogP contribution in [0.3, 0.4) is 0 Å². The van der Waals surface area contributed by atoms with Gasteiger partial charge in [-0.3, -0.25) is 4.79 Å². The number of nitrogens with zero attached hydrogens (tertiary/aromatic N) is 3. The number of nitrogens with one attached hydrogen (secondary N) is 1. The minimum absolute atomic E-state index is 0.0564.